The molecular formula is C24H26N2O5S. The summed E-state index contributed by atoms with van der Waals surface area (Å²) >= 11 is 1.45. The Morgan fingerprint density at radius 2 is 1.88 bits per heavy atom. The molecule has 0 saturated heterocycles. The van der Waals surface area contributed by atoms with Crippen LogP contribution in [-0.4, -0.2) is 35.4 Å². The van der Waals surface area contributed by atoms with Crippen molar-refractivity contribution in [3.05, 3.63) is 76.5 Å². The van der Waals surface area contributed by atoms with Crippen LogP contribution in [0.25, 0.3) is 0 Å². The van der Waals surface area contributed by atoms with Gasteiger partial charge in [0.15, 0.2) is 5.17 Å². The molecule has 8 heteroatoms. The molecule has 168 valence electrons. The van der Waals surface area contributed by atoms with Gasteiger partial charge in [0.25, 0.3) is 0 Å². The quantitative estimate of drug-likeness (QED) is 0.565. The van der Waals surface area contributed by atoms with Gasteiger partial charge in [0.2, 0.25) is 0 Å². The molecule has 3 rings (SSSR count). The van der Waals surface area contributed by atoms with E-state index in [2.05, 4.69) is 5.32 Å². The van der Waals surface area contributed by atoms with Gasteiger partial charge in [0.1, 0.15) is 11.8 Å². The van der Waals surface area contributed by atoms with E-state index < -0.39 is 18.0 Å². The zero-order chi connectivity index (χ0) is 23.1. The molecule has 0 saturated carbocycles. The summed E-state index contributed by atoms with van der Waals surface area (Å²) in [5.41, 5.74) is 3.11. The van der Waals surface area contributed by atoms with Gasteiger partial charge in [0, 0.05) is 11.4 Å². The monoisotopic (exact) mass is 454 g/mol. The van der Waals surface area contributed by atoms with Gasteiger partial charge < -0.3 is 19.9 Å². The number of nitrogens with zero attached hydrogens (tertiary/aromatic N) is 1. The number of aliphatic imine (C=N–C) groups is 1. The van der Waals surface area contributed by atoms with Crippen molar-refractivity contribution in [1.82, 2.24) is 5.32 Å². The smallest absolute Gasteiger partial charge is 0.338 e. The van der Waals surface area contributed by atoms with Crippen LogP contribution < -0.4 is 10.1 Å². The zero-order valence-electron chi connectivity index (χ0n) is 18.3. The fourth-order valence-electron chi connectivity index (χ4n) is 3.29. The van der Waals surface area contributed by atoms with Crippen LogP contribution in [0.3, 0.4) is 0 Å². The normalized spacial score (nSPS) is 15.6. The van der Waals surface area contributed by atoms with Crippen LogP contribution in [0.15, 0.2) is 64.8 Å². The first-order valence-corrected chi connectivity index (χ1v) is 11.3. The second-order valence-corrected chi connectivity index (χ2v) is 7.98. The van der Waals surface area contributed by atoms with Crippen molar-refractivity contribution in [3.8, 4) is 5.75 Å². The summed E-state index contributed by atoms with van der Waals surface area (Å²) in [4.78, 5) is 28.7. The highest BCUT2D eigenvalue weighted by atomic mass is 32.2. The Labute approximate surface area is 191 Å². The SMILES string of the molecule is CCOC(=O)C1=C(C)NC(SCc2cccc(C(=O)O)c2)=N[C@H]1c1ccc(OCC)cc1. The van der Waals surface area contributed by atoms with Gasteiger partial charge in [-0.3, -0.25) is 0 Å². The third kappa shape index (κ3) is 5.70. The molecule has 2 aromatic carbocycles. The zero-order valence-corrected chi connectivity index (χ0v) is 19.1. The van der Waals surface area contributed by atoms with E-state index in [1.165, 1.54) is 11.8 Å². The maximum Gasteiger partial charge on any atom is 0.338 e. The Morgan fingerprint density at radius 1 is 1.12 bits per heavy atom. The molecule has 0 aliphatic carbocycles. The first-order chi connectivity index (χ1) is 15.4. The van der Waals surface area contributed by atoms with E-state index in [4.69, 9.17) is 14.5 Å². The predicted octanol–water partition coefficient (Wildman–Crippen LogP) is 4.55. The average Bonchev–Trinajstić information content (AvgIpc) is 2.78. The van der Waals surface area contributed by atoms with Crippen molar-refractivity contribution in [1.29, 1.82) is 0 Å². The van der Waals surface area contributed by atoms with Gasteiger partial charge in [-0.05, 0) is 56.2 Å². The number of hydrogen-bond donors (Lipinski definition) is 2. The van der Waals surface area contributed by atoms with Crippen LogP contribution >= 0.6 is 11.8 Å². The van der Waals surface area contributed by atoms with E-state index >= 15 is 0 Å². The molecule has 1 heterocycles. The van der Waals surface area contributed by atoms with E-state index in [-0.39, 0.29) is 12.2 Å². The van der Waals surface area contributed by atoms with E-state index in [9.17, 15) is 14.7 Å². The maximum atomic E-state index is 12.7. The Kier molecular flexibility index (Phi) is 7.94. The lowest BCUT2D eigenvalue weighted by Gasteiger charge is -2.26. The minimum Gasteiger partial charge on any atom is -0.494 e. The molecule has 7 nitrogen and oxygen atoms in total. The second-order valence-electron chi connectivity index (χ2n) is 7.02. The van der Waals surface area contributed by atoms with Crippen LogP contribution in [-0.2, 0) is 15.3 Å². The Morgan fingerprint density at radius 3 is 2.53 bits per heavy atom. The van der Waals surface area contributed by atoms with Crippen molar-refractivity contribution in [2.24, 2.45) is 4.99 Å². The third-order valence-corrected chi connectivity index (χ3v) is 5.73. The summed E-state index contributed by atoms with van der Waals surface area (Å²) < 4.78 is 10.8. The largest absolute Gasteiger partial charge is 0.494 e. The molecule has 0 fully saturated rings. The number of thioether (sulfide) groups is 1. The van der Waals surface area contributed by atoms with Crippen LogP contribution in [0.1, 0.15) is 48.3 Å². The van der Waals surface area contributed by atoms with Gasteiger partial charge >= 0.3 is 11.9 Å². The number of carbonyl (C=O) groups is 2. The number of carbonyl (C=O) groups excluding carboxylic acids is 1. The summed E-state index contributed by atoms with van der Waals surface area (Å²) in [5.74, 6) is -0.0810. The highest BCUT2D eigenvalue weighted by molar-refractivity contribution is 8.13. The number of carboxylic acids is 1. The molecule has 0 spiro atoms. The number of esters is 1. The minimum atomic E-state index is -0.960. The first-order valence-electron chi connectivity index (χ1n) is 10.3. The van der Waals surface area contributed by atoms with Crippen LogP contribution in [0.2, 0.25) is 0 Å². The number of rotatable bonds is 8. The molecule has 32 heavy (non-hydrogen) atoms. The van der Waals surface area contributed by atoms with Gasteiger partial charge in [-0.2, -0.15) is 0 Å². The Balaban J connectivity index is 1.86. The molecule has 0 unspecified atom stereocenters. The molecular weight excluding hydrogens is 428 g/mol. The minimum absolute atomic E-state index is 0.245. The molecule has 1 aliphatic heterocycles. The number of hydrogen-bond acceptors (Lipinski definition) is 7. The Hall–Kier alpha value is -3.26. The van der Waals surface area contributed by atoms with Crippen molar-refractivity contribution < 1.29 is 24.2 Å². The van der Waals surface area contributed by atoms with E-state index in [1.54, 1.807) is 25.1 Å². The number of carboxylic acid groups (broad SMARTS) is 1. The summed E-state index contributed by atoms with van der Waals surface area (Å²) in [6, 6.07) is 13.8. The lowest BCUT2D eigenvalue weighted by molar-refractivity contribution is -0.138. The lowest BCUT2D eigenvalue weighted by atomic mass is 9.96. The summed E-state index contributed by atoms with van der Waals surface area (Å²) in [6.07, 6.45) is 0. The molecule has 0 bridgehead atoms. The van der Waals surface area contributed by atoms with Crippen LogP contribution in [0.5, 0.6) is 5.75 Å². The fourth-order valence-corrected chi connectivity index (χ4v) is 4.18. The standard InChI is InChI=1S/C24H26N2O5S/c1-4-30-19-11-9-17(10-12-19)21-20(23(29)31-5-2)15(3)25-24(26-21)32-14-16-7-6-8-18(13-16)22(27)28/h6-13,21H,4-5,14H2,1-3H3,(H,25,26)(H,27,28)/t21-/m0/s1. The van der Waals surface area contributed by atoms with Crippen molar-refractivity contribution >= 4 is 28.9 Å². The number of aromatic carboxylic acids is 1. The van der Waals surface area contributed by atoms with Crippen LogP contribution in [0, 0.1) is 0 Å². The molecule has 1 atom stereocenters. The molecule has 2 aromatic rings. The third-order valence-electron chi connectivity index (χ3n) is 4.77. The maximum absolute atomic E-state index is 12.7. The molecule has 0 aromatic heterocycles. The van der Waals surface area contributed by atoms with E-state index in [0.29, 0.717) is 28.8 Å². The second kappa shape index (κ2) is 10.9. The predicted molar refractivity (Wildman–Crippen MR) is 125 cm³/mol. The van der Waals surface area contributed by atoms with Gasteiger partial charge in [0.05, 0.1) is 24.4 Å². The average molecular weight is 455 g/mol. The molecule has 0 amide bonds. The van der Waals surface area contributed by atoms with Gasteiger partial charge in [-0.15, -0.1) is 0 Å². The van der Waals surface area contributed by atoms with Crippen molar-refractivity contribution in [2.45, 2.75) is 32.6 Å². The topological polar surface area (TPSA) is 97.2 Å². The van der Waals surface area contributed by atoms with Gasteiger partial charge in [-0.1, -0.05) is 36.0 Å². The number of allylic oxidation sites excluding steroid dienone is 1. The molecule has 0 radical (unpaired) electrons. The Bertz CT molecular complexity index is 1050. The lowest BCUT2D eigenvalue weighted by Crippen LogP contribution is -2.30. The summed E-state index contributed by atoms with van der Waals surface area (Å²) in [7, 11) is 0. The van der Waals surface area contributed by atoms with E-state index in [0.717, 1.165) is 16.9 Å². The van der Waals surface area contributed by atoms with E-state index in [1.807, 2.05) is 44.2 Å². The number of benzene rings is 2. The molecule has 2 N–H and O–H groups in total. The van der Waals surface area contributed by atoms with Gasteiger partial charge in [-0.25, -0.2) is 14.6 Å². The first kappa shape index (κ1) is 23.4. The number of ether oxygens (including phenoxy) is 2. The van der Waals surface area contributed by atoms with Crippen molar-refractivity contribution in [3.63, 3.8) is 0 Å². The summed E-state index contributed by atoms with van der Waals surface area (Å²) in [6.45, 7) is 6.37. The molecule has 1 aliphatic rings. The van der Waals surface area contributed by atoms with Crippen molar-refractivity contribution in [2.75, 3.05) is 13.2 Å². The highest BCUT2D eigenvalue weighted by Gasteiger charge is 2.30. The summed E-state index contributed by atoms with van der Waals surface area (Å²) in [5, 5.41) is 13.0. The highest BCUT2D eigenvalue weighted by Crippen LogP contribution is 2.34. The fraction of sp³-hybridized carbons (Fsp3) is 0.292. The number of amidine groups is 1. The van der Waals surface area contributed by atoms with Crippen LogP contribution in [0.4, 0.5) is 0 Å². The number of nitrogens with one attached hydrogen (secondary N) is 1.